The summed E-state index contributed by atoms with van der Waals surface area (Å²) in [5.41, 5.74) is 6.03. The molecule has 0 unspecified atom stereocenters. The number of aromatic nitrogens is 3. The van der Waals surface area contributed by atoms with Gasteiger partial charge in [0.1, 0.15) is 11.6 Å². The molecule has 0 aliphatic carbocycles. The van der Waals surface area contributed by atoms with E-state index in [9.17, 15) is 0 Å². The molecule has 0 amide bonds. The number of fused-ring (bicyclic) bond motifs is 1. The van der Waals surface area contributed by atoms with E-state index in [0.29, 0.717) is 12.5 Å². The number of aliphatic imine (C=N–C) groups is 1. The summed E-state index contributed by atoms with van der Waals surface area (Å²) in [5, 5.41) is 8.63. The van der Waals surface area contributed by atoms with Crippen molar-refractivity contribution in [2.45, 2.75) is 38.6 Å². The first-order chi connectivity index (χ1) is 10.3. The average molecular weight is 292 g/mol. The lowest BCUT2D eigenvalue weighted by molar-refractivity contribution is 0.0674. The molecular formula is C14H24N6O. The molecule has 0 atom stereocenters. The van der Waals surface area contributed by atoms with Crippen LogP contribution in [0, 0.1) is 0 Å². The Labute approximate surface area is 125 Å². The minimum atomic E-state index is 0.619. The molecule has 1 aromatic rings. The van der Waals surface area contributed by atoms with Gasteiger partial charge >= 0.3 is 0 Å². The number of hydrogen-bond acceptors (Lipinski definition) is 4. The van der Waals surface area contributed by atoms with Gasteiger partial charge in [0.15, 0.2) is 5.96 Å². The second-order valence-corrected chi connectivity index (χ2v) is 5.58. The standard InChI is InChI=1S/C14H24N6O/c15-14(19-8-10-21-11-9-19)16-6-5-13-18-17-12-4-2-1-3-7-20(12)13/h1-11H2,(H2,15,16). The number of nitrogens with zero attached hydrogens (tertiary/aromatic N) is 5. The molecule has 116 valence electrons. The van der Waals surface area contributed by atoms with Crippen LogP contribution in [0.5, 0.6) is 0 Å². The molecular weight excluding hydrogens is 268 g/mol. The second-order valence-electron chi connectivity index (χ2n) is 5.58. The van der Waals surface area contributed by atoms with Crippen LogP contribution in [-0.2, 0) is 24.1 Å². The zero-order valence-electron chi connectivity index (χ0n) is 12.5. The Hall–Kier alpha value is -1.63. The number of hydrogen-bond donors (Lipinski definition) is 1. The van der Waals surface area contributed by atoms with Gasteiger partial charge in [-0.1, -0.05) is 6.42 Å². The van der Waals surface area contributed by atoms with Crippen molar-refractivity contribution < 1.29 is 4.74 Å². The van der Waals surface area contributed by atoms with Crippen LogP contribution in [0.2, 0.25) is 0 Å². The lowest BCUT2D eigenvalue weighted by atomic mass is 10.2. The van der Waals surface area contributed by atoms with Crippen molar-refractivity contribution in [3.63, 3.8) is 0 Å². The minimum Gasteiger partial charge on any atom is -0.378 e. The molecule has 7 nitrogen and oxygen atoms in total. The van der Waals surface area contributed by atoms with E-state index in [-0.39, 0.29) is 0 Å². The van der Waals surface area contributed by atoms with Gasteiger partial charge < -0.3 is 19.9 Å². The van der Waals surface area contributed by atoms with Gasteiger partial charge in [0.2, 0.25) is 0 Å². The van der Waals surface area contributed by atoms with Crippen molar-refractivity contribution in [1.29, 1.82) is 0 Å². The molecule has 21 heavy (non-hydrogen) atoms. The van der Waals surface area contributed by atoms with Gasteiger partial charge in [-0.25, -0.2) is 0 Å². The quantitative estimate of drug-likeness (QED) is 0.635. The number of nitrogens with two attached hydrogens (primary N) is 1. The smallest absolute Gasteiger partial charge is 0.191 e. The Bertz CT molecular complexity index is 492. The first-order valence-electron chi connectivity index (χ1n) is 7.88. The lowest BCUT2D eigenvalue weighted by Gasteiger charge is -2.27. The van der Waals surface area contributed by atoms with Crippen molar-refractivity contribution in [3.8, 4) is 0 Å². The van der Waals surface area contributed by atoms with Crippen LogP contribution in [0.1, 0.15) is 30.9 Å². The maximum atomic E-state index is 6.03. The first kappa shape index (κ1) is 14.3. The van der Waals surface area contributed by atoms with E-state index in [4.69, 9.17) is 10.5 Å². The van der Waals surface area contributed by atoms with Gasteiger partial charge in [-0.3, -0.25) is 4.99 Å². The Morgan fingerprint density at radius 2 is 2.00 bits per heavy atom. The largest absolute Gasteiger partial charge is 0.378 e. The van der Waals surface area contributed by atoms with E-state index in [1.165, 1.54) is 19.3 Å². The summed E-state index contributed by atoms with van der Waals surface area (Å²) in [6.45, 7) is 4.83. The van der Waals surface area contributed by atoms with Crippen LogP contribution in [0.4, 0.5) is 0 Å². The van der Waals surface area contributed by atoms with Crippen molar-refractivity contribution in [3.05, 3.63) is 11.6 Å². The maximum absolute atomic E-state index is 6.03. The minimum absolute atomic E-state index is 0.619. The van der Waals surface area contributed by atoms with Crippen LogP contribution in [0.15, 0.2) is 4.99 Å². The summed E-state index contributed by atoms with van der Waals surface area (Å²) in [6.07, 6.45) is 5.58. The third kappa shape index (κ3) is 3.53. The van der Waals surface area contributed by atoms with E-state index >= 15 is 0 Å². The molecule has 2 N–H and O–H groups in total. The normalized spacial score (nSPS) is 20.2. The van der Waals surface area contributed by atoms with Crippen molar-refractivity contribution in [2.24, 2.45) is 10.7 Å². The van der Waals surface area contributed by atoms with Gasteiger partial charge in [0.25, 0.3) is 0 Å². The number of guanidine groups is 1. The Balaban J connectivity index is 1.56. The number of ether oxygens (including phenoxy) is 1. The summed E-state index contributed by atoms with van der Waals surface area (Å²) in [4.78, 5) is 6.56. The third-order valence-electron chi connectivity index (χ3n) is 4.13. The third-order valence-corrected chi connectivity index (χ3v) is 4.13. The molecule has 0 radical (unpaired) electrons. The molecule has 0 saturated carbocycles. The fraction of sp³-hybridized carbons (Fsp3) is 0.786. The van der Waals surface area contributed by atoms with Gasteiger partial charge in [0, 0.05) is 39.0 Å². The van der Waals surface area contributed by atoms with Gasteiger partial charge in [-0.2, -0.15) is 0 Å². The first-order valence-corrected chi connectivity index (χ1v) is 7.88. The van der Waals surface area contributed by atoms with Crippen LogP contribution < -0.4 is 5.73 Å². The topological polar surface area (TPSA) is 81.6 Å². The van der Waals surface area contributed by atoms with Crippen LogP contribution in [-0.4, -0.2) is 58.5 Å². The van der Waals surface area contributed by atoms with Gasteiger partial charge in [0.05, 0.1) is 13.2 Å². The maximum Gasteiger partial charge on any atom is 0.191 e. The fourth-order valence-electron chi connectivity index (χ4n) is 2.89. The summed E-state index contributed by atoms with van der Waals surface area (Å²) in [5.74, 6) is 2.80. The monoisotopic (exact) mass is 292 g/mol. The van der Waals surface area contributed by atoms with E-state index in [1.54, 1.807) is 0 Å². The highest BCUT2D eigenvalue weighted by Crippen LogP contribution is 2.14. The fourth-order valence-corrected chi connectivity index (χ4v) is 2.89. The molecule has 7 heteroatoms. The number of rotatable bonds is 3. The van der Waals surface area contributed by atoms with E-state index in [1.807, 2.05) is 0 Å². The van der Waals surface area contributed by atoms with E-state index in [2.05, 4.69) is 24.7 Å². The van der Waals surface area contributed by atoms with Crippen molar-refractivity contribution in [2.75, 3.05) is 32.8 Å². The summed E-state index contributed by atoms with van der Waals surface area (Å²) >= 11 is 0. The highest BCUT2D eigenvalue weighted by atomic mass is 16.5. The highest BCUT2D eigenvalue weighted by molar-refractivity contribution is 5.78. The molecule has 1 aromatic heterocycles. The molecule has 1 saturated heterocycles. The summed E-state index contributed by atoms with van der Waals surface area (Å²) in [6, 6.07) is 0. The van der Waals surface area contributed by atoms with Crippen LogP contribution in [0.3, 0.4) is 0 Å². The van der Waals surface area contributed by atoms with Crippen LogP contribution in [0.25, 0.3) is 0 Å². The molecule has 2 aliphatic rings. The number of morpholine rings is 1. The van der Waals surface area contributed by atoms with Crippen molar-refractivity contribution >= 4 is 5.96 Å². The lowest BCUT2D eigenvalue weighted by Crippen LogP contribution is -2.44. The Morgan fingerprint density at radius 1 is 1.14 bits per heavy atom. The van der Waals surface area contributed by atoms with Gasteiger partial charge in [-0.15, -0.1) is 10.2 Å². The van der Waals surface area contributed by atoms with E-state index < -0.39 is 0 Å². The molecule has 3 rings (SSSR count). The zero-order valence-corrected chi connectivity index (χ0v) is 12.5. The highest BCUT2D eigenvalue weighted by Gasteiger charge is 2.15. The second kappa shape index (κ2) is 6.89. The molecule has 0 bridgehead atoms. The van der Waals surface area contributed by atoms with Gasteiger partial charge in [-0.05, 0) is 12.8 Å². The molecule has 0 spiro atoms. The zero-order chi connectivity index (χ0) is 14.5. The Morgan fingerprint density at radius 3 is 2.86 bits per heavy atom. The number of aryl methyl sites for hydroxylation is 1. The molecule has 3 heterocycles. The van der Waals surface area contributed by atoms with Crippen LogP contribution >= 0.6 is 0 Å². The predicted molar refractivity (Wildman–Crippen MR) is 80.2 cm³/mol. The molecule has 1 fully saturated rings. The SMILES string of the molecule is NC(=NCCc1nnc2n1CCCCC2)N1CCOCC1. The molecule has 0 aromatic carbocycles. The summed E-state index contributed by atoms with van der Waals surface area (Å²) in [7, 11) is 0. The molecule has 2 aliphatic heterocycles. The van der Waals surface area contributed by atoms with Crippen molar-refractivity contribution in [1.82, 2.24) is 19.7 Å². The average Bonchev–Trinajstić information content (AvgIpc) is 2.76. The predicted octanol–water partition coefficient (Wildman–Crippen LogP) is 0.194. The Kier molecular flexibility index (Phi) is 4.69. The summed E-state index contributed by atoms with van der Waals surface area (Å²) < 4.78 is 7.58. The van der Waals surface area contributed by atoms with E-state index in [0.717, 1.165) is 57.3 Å².